The first-order valence-electron chi connectivity index (χ1n) is 10.7. The predicted octanol–water partition coefficient (Wildman–Crippen LogP) is 3.48. The molecule has 0 saturated carbocycles. The average molecular weight is 518 g/mol. The number of nitrogens with two attached hydrogens (primary N) is 1. The van der Waals surface area contributed by atoms with Crippen molar-refractivity contribution < 1.29 is 23.9 Å². The molecule has 3 aromatic rings. The zero-order valence-corrected chi connectivity index (χ0v) is 21.8. The number of methoxy groups -OCH3 is 1. The zero-order valence-electron chi connectivity index (χ0n) is 20.1. The van der Waals surface area contributed by atoms with Gasteiger partial charge in [0.05, 0.1) is 23.3 Å². The van der Waals surface area contributed by atoms with Crippen LogP contribution >= 0.6 is 23.1 Å². The number of primary amides is 1. The Hall–Kier alpha value is -3.38. The molecule has 0 fully saturated rings. The molecule has 0 aliphatic carbocycles. The summed E-state index contributed by atoms with van der Waals surface area (Å²) in [5, 5.41) is 11.9. The number of nitrogens with one attached hydrogen (secondary N) is 1. The highest BCUT2D eigenvalue weighted by Crippen LogP contribution is 2.33. The minimum absolute atomic E-state index is 0.0133. The topological polar surface area (TPSA) is 138 Å². The van der Waals surface area contributed by atoms with Crippen LogP contribution in [0.15, 0.2) is 23.4 Å². The number of carbonyl (C=O) groups excluding carboxylic acids is 3. The summed E-state index contributed by atoms with van der Waals surface area (Å²) in [6.07, 6.45) is 0. The van der Waals surface area contributed by atoms with E-state index in [1.54, 1.807) is 6.92 Å². The molecule has 186 valence electrons. The van der Waals surface area contributed by atoms with Crippen LogP contribution < -0.4 is 15.8 Å². The number of ether oxygens (including phenoxy) is 2. The van der Waals surface area contributed by atoms with Crippen LogP contribution in [-0.4, -0.2) is 45.4 Å². The maximum absolute atomic E-state index is 12.7. The van der Waals surface area contributed by atoms with E-state index in [4.69, 9.17) is 15.2 Å². The van der Waals surface area contributed by atoms with Crippen LogP contribution in [0, 0.1) is 20.8 Å². The van der Waals surface area contributed by atoms with E-state index in [0.717, 1.165) is 28.2 Å². The van der Waals surface area contributed by atoms with Gasteiger partial charge in [0.2, 0.25) is 5.91 Å². The number of nitrogens with zero attached hydrogens (tertiary/aromatic N) is 3. The number of aryl methyl sites for hydroxylation is 2. The number of rotatable bonds is 10. The third-order valence-electron chi connectivity index (χ3n) is 5.16. The molecule has 0 atom stereocenters. The van der Waals surface area contributed by atoms with Crippen molar-refractivity contribution in [3.63, 3.8) is 0 Å². The first kappa shape index (κ1) is 26.2. The first-order valence-corrected chi connectivity index (χ1v) is 12.5. The van der Waals surface area contributed by atoms with Gasteiger partial charge in [-0.25, -0.2) is 4.79 Å². The van der Waals surface area contributed by atoms with Gasteiger partial charge < -0.3 is 25.1 Å². The van der Waals surface area contributed by atoms with Gasteiger partial charge in [0, 0.05) is 6.54 Å². The van der Waals surface area contributed by atoms with E-state index in [9.17, 15) is 14.4 Å². The van der Waals surface area contributed by atoms with Crippen molar-refractivity contribution in [2.75, 3.05) is 18.2 Å². The minimum atomic E-state index is -0.681. The van der Waals surface area contributed by atoms with Gasteiger partial charge in [-0.15, -0.1) is 21.5 Å². The number of aromatic nitrogens is 3. The van der Waals surface area contributed by atoms with Crippen molar-refractivity contribution in [1.29, 1.82) is 0 Å². The predicted molar refractivity (Wildman–Crippen MR) is 134 cm³/mol. The molecule has 10 nitrogen and oxygen atoms in total. The molecule has 12 heteroatoms. The Morgan fingerprint density at radius 2 is 1.94 bits per heavy atom. The quantitative estimate of drug-likeness (QED) is 0.308. The molecule has 2 heterocycles. The summed E-state index contributed by atoms with van der Waals surface area (Å²) in [5.74, 6) is -0.278. The molecule has 0 saturated heterocycles. The van der Waals surface area contributed by atoms with Crippen LogP contribution in [0.3, 0.4) is 0 Å². The lowest BCUT2D eigenvalue weighted by molar-refractivity contribution is -0.113. The van der Waals surface area contributed by atoms with E-state index < -0.39 is 11.9 Å². The molecule has 1 aromatic carbocycles. The van der Waals surface area contributed by atoms with Crippen LogP contribution in [0.25, 0.3) is 0 Å². The molecular formula is C23H27N5O5S2. The average Bonchev–Trinajstić information content (AvgIpc) is 3.37. The molecule has 35 heavy (non-hydrogen) atoms. The smallest absolute Gasteiger partial charge is 0.341 e. The number of amides is 2. The highest BCUT2D eigenvalue weighted by molar-refractivity contribution is 7.99. The molecule has 3 rings (SSSR count). The Balaban J connectivity index is 1.68. The highest BCUT2D eigenvalue weighted by atomic mass is 32.2. The Kier molecular flexibility index (Phi) is 8.52. The Labute approximate surface area is 211 Å². The number of anilines is 1. The Bertz CT molecular complexity index is 1270. The summed E-state index contributed by atoms with van der Waals surface area (Å²) in [4.78, 5) is 36.7. The fourth-order valence-electron chi connectivity index (χ4n) is 3.33. The molecule has 0 spiro atoms. The third-order valence-corrected chi connectivity index (χ3v) is 7.34. The number of benzene rings is 1. The lowest BCUT2D eigenvalue weighted by atomic mass is 10.1. The number of hydrogen-bond donors (Lipinski definition) is 2. The number of carbonyl (C=O) groups is 3. The van der Waals surface area contributed by atoms with Crippen molar-refractivity contribution in [3.05, 3.63) is 51.2 Å². The van der Waals surface area contributed by atoms with E-state index in [2.05, 4.69) is 15.5 Å². The maximum atomic E-state index is 12.7. The fraction of sp³-hybridized carbons (Fsp3) is 0.348. The second-order valence-corrected chi connectivity index (χ2v) is 9.62. The van der Waals surface area contributed by atoms with E-state index in [1.807, 2.05) is 43.5 Å². The molecule has 0 aliphatic heterocycles. The summed E-state index contributed by atoms with van der Waals surface area (Å²) in [6, 6.07) is 6.00. The molecule has 2 aromatic heterocycles. The largest absolute Gasteiger partial charge is 0.485 e. The van der Waals surface area contributed by atoms with Crippen LogP contribution in [0.5, 0.6) is 5.75 Å². The molecule has 0 bridgehead atoms. The molecule has 0 radical (unpaired) electrons. The van der Waals surface area contributed by atoms with Crippen molar-refractivity contribution >= 4 is 45.9 Å². The van der Waals surface area contributed by atoms with Gasteiger partial charge in [-0.05, 0) is 50.5 Å². The minimum Gasteiger partial charge on any atom is -0.485 e. The normalized spacial score (nSPS) is 10.8. The second-order valence-electron chi connectivity index (χ2n) is 7.65. The van der Waals surface area contributed by atoms with Gasteiger partial charge in [-0.3, -0.25) is 9.59 Å². The van der Waals surface area contributed by atoms with Crippen molar-refractivity contribution in [3.8, 4) is 5.75 Å². The van der Waals surface area contributed by atoms with E-state index in [0.29, 0.717) is 23.1 Å². The van der Waals surface area contributed by atoms with E-state index >= 15 is 0 Å². The molecule has 0 unspecified atom stereocenters. The highest BCUT2D eigenvalue weighted by Gasteiger charge is 2.25. The lowest BCUT2D eigenvalue weighted by Crippen LogP contribution is -2.16. The van der Waals surface area contributed by atoms with Crippen molar-refractivity contribution in [2.45, 2.75) is 46.0 Å². The molecule has 3 N–H and O–H groups in total. The lowest BCUT2D eigenvalue weighted by Gasteiger charge is -2.11. The summed E-state index contributed by atoms with van der Waals surface area (Å²) in [7, 11) is 1.23. The second kappa shape index (κ2) is 11.4. The summed E-state index contributed by atoms with van der Waals surface area (Å²) in [6.45, 7) is 8.36. The Morgan fingerprint density at radius 3 is 2.60 bits per heavy atom. The van der Waals surface area contributed by atoms with Crippen LogP contribution in [0.1, 0.15) is 49.5 Å². The fourth-order valence-corrected chi connectivity index (χ4v) is 5.22. The zero-order chi connectivity index (χ0) is 25.7. The number of esters is 1. The molecule has 0 aliphatic rings. The van der Waals surface area contributed by atoms with Crippen LogP contribution in [0.4, 0.5) is 5.00 Å². The summed E-state index contributed by atoms with van der Waals surface area (Å²) in [5.41, 5.74) is 8.01. The Morgan fingerprint density at radius 1 is 1.20 bits per heavy atom. The van der Waals surface area contributed by atoms with Gasteiger partial charge in [0.15, 0.2) is 11.0 Å². The van der Waals surface area contributed by atoms with E-state index in [-0.39, 0.29) is 33.7 Å². The SMILES string of the molecule is CCn1c(COc2cc(C)ccc2C)nnc1SCC(=O)Nc1sc(C(N)=O)c(C)c1C(=O)OC. The van der Waals surface area contributed by atoms with Gasteiger partial charge >= 0.3 is 5.97 Å². The van der Waals surface area contributed by atoms with Crippen molar-refractivity contribution in [1.82, 2.24) is 14.8 Å². The van der Waals surface area contributed by atoms with Gasteiger partial charge in [-0.2, -0.15) is 0 Å². The van der Waals surface area contributed by atoms with Gasteiger partial charge in [0.1, 0.15) is 17.4 Å². The van der Waals surface area contributed by atoms with Gasteiger partial charge in [-0.1, -0.05) is 23.9 Å². The van der Waals surface area contributed by atoms with Gasteiger partial charge in [0.25, 0.3) is 5.91 Å². The molecule has 2 amide bonds. The summed E-state index contributed by atoms with van der Waals surface area (Å²) < 4.78 is 12.6. The number of thiophene rings is 1. The van der Waals surface area contributed by atoms with Crippen LogP contribution in [0.2, 0.25) is 0 Å². The van der Waals surface area contributed by atoms with Crippen molar-refractivity contribution in [2.24, 2.45) is 5.73 Å². The first-order chi connectivity index (χ1) is 16.7. The maximum Gasteiger partial charge on any atom is 0.341 e. The third kappa shape index (κ3) is 6.01. The molecular weight excluding hydrogens is 490 g/mol. The summed E-state index contributed by atoms with van der Waals surface area (Å²) >= 11 is 2.14. The standard InChI is InChI=1S/C23H27N5O5S2/c1-6-28-16(10-33-15-9-12(2)7-8-13(15)3)26-27-23(28)34-11-17(29)25-21-18(22(31)32-5)14(4)19(35-21)20(24)30/h7-9H,6,10-11H2,1-5H3,(H2,24,30)(H,25,29). The number of thioether (sulfide) groups is 1. The van der Waals surface area contributed by atoms with E-state index in [1.165, 1.54) is 18.9 Å². The number of hydrogen-bond acceptors (Lipinski definition) is 9. The monoisotopic (exact) mass is 517 g/mol. The van der Waals surface area contributed by atoms with Crippen LogP contribution in [-0.2, 0) is 22.7 Å².